The molecule has 0 aliphatic rings. The molecule has 0 fully saturated rings. The maximum Gasteiger partial charge on any atom is 0.261 e. The highest BCUT2D eigenvalue weighted by Crippen LogP contribution is 2.23. The van der Waals surface area contributed by atoms with Gasteiger partial charge < -0.3 is 4.74 Å². The Morgan fingerprint density at radius 2 is 1.76 bits per heavy atom. The zero-order chi connectivity index (χ0) is 20.3. The monoisotopic (exact) mass is 407 g/mol. The number of hydrogen-bond donors (Lipinski definition) is 1. The fraction of sp³-hybridized carbons (Fsp3) is 0.0500. The molecule has 2 aromatic carbocycles. The SMILES string of the molecule is Cc1ccc(S(=O)(=O)Nc2ccc(Oc3cc(-n4cccn4)ncn3)cc2)cc1. The van der Waals surface area contributed by atoms with Crippen molar-refractivity contribution in [3.05, 3.63) is 84.9 Å². The van der Waals surface area contributed by atoms with E-state index in [1.165, 1.54) is 6.33 Å². The first-order chi connectivity index (χ1) is 14.0. The maximum absolute atomic E-state index is 12.5. The van der Waals surface area contributed by atoms with Crippen LogP contribution in [-0.2, 0) is 10.0 Å². The summed E-state index contributed by atoms with van der Waals surface area (Å²) in [6, 6.07) is 16.6. The summed E-state index contributed by atoms with van der Waals surface area (Å²) in [6.45, 7) is 1.90. The van der Waals surface area contributed by atoms with Gasteiger partial charge in [-0.15, -0.1) is 0 Å². The van der Waals surface area contributed by atoms with Crippen LogP contribution in [0.3, 0.4) is 0 Å². The lowest BCUT2D eigenvalue weighted by atomic mass is 10.2. The Balaban J connectivity index is 1.47. The number of ether oxygens (including phenoxy) is 1. The van der Waals surface area contributed by atoms with Gasteiger partial charge in [-0.1, -0.05) is 17.7 Å². The van der Waals surface area contributed by atoms with E-state index >= 15 is 0 Å². The molecule has 0 spiro atoms. The number of benzene rings is 2. The second-order valence-corrected chi connectivity index (χ2v) is 7.89. The van der Waals surface area contributed by atoms with Crippen molar-refractivity contribution in [1.29, 1.82) is 0 Å². The third-order valence-electron chi connectivity index (χ3n) is 4.03. The average Bonchev–Trinajstić information content (AvgIpc) is 3.25. The number of hydrogen-bond acceptors (Lipinski definition) is 6. The molecule has 4 rings (SSSR count). The number of aromatic nitrogens is 4. The lowest BCUT2D eigenvalue weighted by Gasteiger charge is -2.10. The highest BCUT2D eigenvalue weighted by atomic mass is 32.2. The zero-order valence-corrected chi connectivity index (χ0v) is 16.2. The molecule has 0 atom stereocenters. The van der Waals surface area contributed by atoms with Crippen LogP contribution >= 0.6 is 0 Å². The summed E-state index contributed by atoms with van der Waals surface area (Å²) in [5, 5.41) is 4.12. The average molecular weight is 407 g/mol. The summed E-state index contributed by atoms with van der Waals surface area (Å²) in [5.41, 5.74) is 1.42. The van der Waals surface area contributed by atoms with Gasteiger partial charge in [0.2, 0.25) is 5.88 Å². The fourth-order valence-electron chi connectivity index (χ4n) is 2.56. The molecule has 0 bridgehead atoms. The summed E-state index contributed by atoms with van der Waals surface area (Å²) >= 11 is 0. The summed E-state index contributed by atoms with van der Waals surface area (Å²) in [4.78, 5) is 8.44. The third kappa shape index (κ3) is 4.41. The van der Waals surface area contributed by atoms with Crippen LogP contribution in [0.15, 0.2) is 84.3 Å². The number of nitrogens with one attached hydrogen (secondary N) is 1. The van der Waals surface area contributed by atoms with Gasteiger partial charge in [0.25, 0.3) is 10.0 Å². The van der Waals surface area contributed by atoms with Crippen LogP contribution in [0.2, 0.25) is 0 Å². The van der Waals surface area contributed by atoms with E-state index in [1.807, 2.05) is 6.92 Å². The van der Waals surface area contributed by atoms with Crippen molar-refractivity contribution in [3.63, 3.8) is 0 Å². The minimum Gasteiger partial charge on any atom is -0.439 e. The largest absolute Gasteiger partial charge is 0.439 e. The summed E-state index contributed by atoms with van der Waals surface area (Å²) < 4.78 is 34.8. The van der Waals surface area contributed by atoms with E-state index < -0.39 is 10.0 Å². The van der Waals surface area contributed by atoms with Crippen LogP contribution in [0.5, 0.6) is 11.6 Å². The van der Waals surface area contributed by atoms with E-state index in [0.717, 1.165) is 5.56 Å². The first kappa shape index (κ1) is 18.6. The minimum atomic E-state index is -3.65. The van der Waals surface area contributed by atoms with Gasteiger partial charge >= 0.3 is 0 Å². The zero-order valence-electron chi connectivity index (χ0n) is 15.4. The van der Waals surface area contributed by atoms with Crippen molar-refractivity contribution < 1.29 is 13.2 Å². The van der Waals surface area contributed by atoms with Crippen LogP contribution in [0.25, 0.3) is 5.82 Å². The summed E-state index contributed by atoms with van der Waals surface area (Å²) in [6.07, 6.45) is 4.80. The van der Waals surface area contributed by atoms with Gasteiger partial charge in [-0.25, -0.2) is 23.1 Å². The lowest BCUT2D eigenvalue weighted by molar-refractivity contribution is 0.460. The Bertz CT molecular complexity index is 1210. The predicted octanol–water partition coefficient (Wildman–Crippen LogP) is 3.56. The summed E-state index contributed by atoms with van der Waals surface area (Å²) in [7, 11) is -3.65. The Labute approximate surface area is 167 Å². The Morgan fingerprint density at radius 1 is 1.00 bits per heavy atom. The number of aryl methyl sites for hydroxylation is 1. The van der Waals surface area contributed by atoms with Crippen molar-refractivity contribution in [2.75, 3.05) is 4.72 Å². The molecule has 0 aliphatic carbocycles. The molecule has 0 amide bonds. The highest BCUT2D eigenvalue weighted by molar-refractivity contribution is 7.92. The van der Waals surface area contributed by atoms with Crippen molar-refractivity contribution >= 4 is 15.7 Å². The molecule has 0 radical (unpaired) electrons. The molecule has 1 N–H and O–H groups in total. The number of sulfonamides is 1. The molecule has 2 aromatic heterocycles. The van der Waals surface area contributed by atoms with E-state index in [2.05, 4.69) is 19.8 Å². The van der Waals surface area contributed by atoms with Crippen LogP contribution in [0.4, 0.5) is 5.69 Å². The van der Waals surface area contributed by atoms with Crippen molar-refractivity contribution in [2.45, 2.75) is 11.8 Å². The first-order valence-electron chi connectivity index (χ1n) is 8.69. The number of anilines is 1. The fourth-order valence-corrected chi connectivity index (χ4v) is 3.62. The Morgan fingerprint density at radius 3 is 2.45 bits per heavy atom. The van der Waals surface area contributed by atoms with Gasteiger partial charge in [-0.3, -0.25) is 4.72 Å². The second kappa shape index (κ2) is 7.72. The van der Waals surface area contributed by atoms with Crippen molar-refractivity contribution in [2.24, 2.45) is 0 Å². The molecule has 9 heteroatoms. The van der Waals surface area contributed by atoms with E-state index in [1.54, 1.807) is 77.7 Å². The molecule has 8 nitrogen and oxygen atoms in total. The molecular formula is C20H17N5O3S. The molecular weight excluding hydrogens is 390 g/mol. The Hall–Kier alpha value is -3.72. The first-order valence-corrected chi connectivity index (χ1v) is 10.2. The van der Waals surface area contributed by atoms with E-state index in [-0.39, 0.29) is 4.90 Å². The Kier molecular flexibility index (Phi) is 4.96. The third-order valence-corrected chi connectivity index (χ3v) is 5.42. The molecule has 4 aromatic rings. The van der Waals surface area contributed by atoms with E-state index in [4.69, 9.17) is 4.74 Å². The van der Waals surface area contributed by atoms with E-state index in [9.17, 15) is 8.42 Å². The molecule has 2 heterocycles. The van der Waals surface area contributed by atoms with Crippen LogP contribution < -0.4 is 9.46 Å². The van der Waals surface area contributed by atoms with Crippen LogP contribution in [0.1, 0.15) is 5.56 Å². The van der Waals surface area contributed by atoms with E-state index in [0.29, 0.717) is 23.1 Å². The van der Waals surface area contributed by atoms with Gasteiger partial charge in [0.1, 0.15) is 12.1 Å². The van der Waals surface area contributed by atoms with Gasteiger partial charge in [0, 0.05) is 24.1 Å². The topological polar surface area (TPSA) is 99.0 Å². The quantitative estimate of drug-likeness (QED) is 0.525. The molecule has 146 valence electrons. The normalized spacial score (nSPS) is 11.2. The number of rotatable bonds is 6. The standard InChI is InChI=1S/C20H17N5O3S/c1-15-3-9-18(10-4-15)29(26,27)24-16-5-7-17(8-6-16)28-20-13-19(21-14-22-20)25-12-2-11-23-25/h2-14,24H,1H3. The second-order valence-electron chi connectivity index (χ2n) is 6.21. The molecule has 0 aliphatic heterocycles. The van der Waals surface area contributed by atoms with Crippen LogP contribution in [0, 0.1) is 6.92 Å². The van der Waals surface area contributed by atoms with Gasteiger partial charge in [0.05, 0.1) is 4.90 Å². The minimum absolute atomic E-state index is 0.204. The molecule has 0 saturated heterocycles. The number of nitrogens with zero attached hydrogens (tertiary/aromatic N) is 4. The molecule has 0 saturated carbocycles. The highest BCUT2D eigenvalue weighted by Gasteiger charge is 2.14. The summed E-state index contributed by atoms with van der Waals surface area (Å²) in [5.74, 6) is 1.43. The van der Waals surface area contributed by atoms with Gasteiger partial charge in [-0.05, 0) is 49.4 Å². The van der Waals surface area contributed by atoms with Crippen molar-refractivity contribution in [3.8, 4) is 17.4 Å². The maximum atomic E-state index is 12.5. The lowest BCUT2D eigenvalue weighted by Crippen LogP contribution is -2.12. The smallest absolute Gasteiger partial charge is 0.261 e. The predicted molar refractivity (Wildman–Crippen MR) is 108 cm³/mol. The molecule has 0 unspecified atom stereocenters. The van der Waals surface area contributed by atoms with Crippen molar-refractivity contribution in [1.82, 2.24) is 19.7 Å². The molecule has 29 heavy (non-hydrogen) atoms. The van der Waals surface area contributed by atoms with Crippen LogP contribution in [-0.4, -0.2) is 28.2 Å². The van der Waals surface area contributed by atoms with Gasteiger partial charge in [-0.2, -0.15) is 5.10 Å². The van der Waals surface area contributed by atoms with Gasteiger partial charge in [0.15, 0.2) is 5.82 Å².